The van der Waals surface area contributed by atoms with E-state index in [1.54, 1.807) is 10.7 Å². The van der Waals surface area contributed by atoms with E-state index in [4.69, 9.17) is 5.26 Å². The third kappa shape index (κ3) is 3.05. The van der Waals surface area contributed by atoms with Crippen LogP contribution in [0.4, 0.5) is 5.69 Å². The van der Waals surface area contributed by atoms with E-state index in [-0.39, 0.29) is 5.91 Å². The first-order chi connectivity index (χ1) is 13.6. The van der Waals surface area contributed by atoms with Gasteiger partial charge in [-0.2, -0.15) is 10.4 Å². The fraction of sp³-hybridized carbons (Fsp3) is 0.190. The van der Waals surface area contributed by atoms with E-state index in [1.165, 1.54) is 6.20 Å². The Hall–Kier alpha value is -3.79. The number of benzene rings is 1. The molecule has 3 heterocycles. The van der Waals surface area contributed by atoms with Gasteiger partial charge >= 0.3 is 0 Å². The normalized spacial score (nSPS) is 10.9. The molecule has 1 amide bonds. The van der Waals surface area contributed by atoms with Crippen LogP contribution >= 0.6 is 0 Å². The second kappa shape index (κ2) is 7.08. The average Bonchev–Trinajstić information content (AvgIpc) is 3.11. The van der Waals surface area contributed by atoms with Gasteiger partial charge in [0.05, 0.1) is 17.4 Å². The molecular weight excluding hydrogens is 352 g/mol. The first-order valence-corrected chi connectivity index (χ1v) is 8.96. The molecule has 0 spiro atoms. The van der Waals surface area contributed by atoms with Crippen LogP contribution in [0.5, 0.6) is 0 Å². The molecule has 7 heteroatoms. The quantitative estimate of drug-likeness (QED) is 0.594. The maximum Gasteiger partial charge on any atom is 0.224 e. The molecule has 0 aliphatic carbocycles. The molecule has 0 aliphatic rings. The van der Waals surface area contributed by atoms with Gasteiger partial charge in [-0.3, -0.25) is 9.78 Å². The number of amides is 1. The number of para-hydroxylation sites is 1. The number of hydrogen-bond acceptors (Lipinski definition) is 5. The number of aromatic nitrogens is 4. The highest BCUT2D eigenvalue weighted by molar-refractivity contribution is 6.00. The van der Waals surface area contributed by atoms with Crippen molar-refractivity contribution in [2.24, 2.45) is 0 Å². The predicted octanol–water partition coefficient (Wildman–Crippen LogP) is 3.34. The smallest absolute Gasteiger partial charge is 0.224 e. The maximum absolute atomic E-state index is 12.5. The second-order valence-corrected chi connectivity index (χ2v) is 6.60. The number of carbonyl (C=O) groups excluding carboxylic acids is 1. The highest BCUT2D eigenvalue weighted by Gasteiger charge is 2.15. The van der Waals surface area contributed by atoms with Crippen molar-refractivity contribution in [3.8, 4) is 6.07 Å². The third-order valence-corrected chi connectivity index (χ3v) is 4.84. The Morgan fingerprint density at radius 2 is 2.07 bits per heavy atom. The Bertz CT molecular complexity index is 1250. The molecule has 3 aromatic heterocycles. The summed E-state index contributed by atoms with van der Waals surface area (Å²) in [5, 5.41) is 17.3. The summed E-state index contributed by atoms with van der Waals surface area (Å²) >= 11 is 0. The Morgan fingerprint density at radius 1 is 1.25 bits per heavy atom. The van der Waals surface area contributed by atoms with E-state index in [2.05, 4.69) is 26.5 Å². The molecular formula is C21H18N6O. The Labute approximate surface area is 161 Å². The van der Waals surface area contributed by atoms with Crippen molar-refractivity contribution in [1.82, 2.24) is 19.6 Å². The van der Waals surface area contributed by atoms with Crippen LogP contribution in [0.1, 0.15) is 28.9 Å². The van der Waals surface area contributed by atoms with Crippen LogP contribution in [0, 0.1) is 25.2 Å². The summed E-state index contributed by atoms with van der Waals surface area (Å²) < 4.78 is 1.66. The molecule has 4 rings (SSSR count). The van der Waals surface area contributed by atoms with Crippen molar-refractivity contribution in [3.63, 3.8) is 0 Å². The zero-order valence-electron chi connectivity index (χ0n) is 15.6. The molecule has 1 N–H and O–H groups in total. The molecule has 0 radical (unpaired) electrons. The van der Waals surface area contributed by atoms with Crippen LogP contribution in [-0.2, 0) is 11.2 Å². The monoisotopic (exact) mass is 370 g/mol. The summed E-state index contributed by atoms with van der Waals surface area (Å²) in [5.41, 5.74) is 5.13. The number of nitriles is 1. The summed E-state index contributed by atoms with van der Waals surface area (Å²) in [7, 11) is 0. The van der Waals surface area contributed by atoms with Crippen LogP contribution in [0.15, 0.2) is 42.7 Å². The largest absolute Gasteiger partial charge is 0.324 e. The number of rotatable bonds is 4. The van der Waals surface area contributed by atoms with Gasteiger partial charge in [-0.1, -0.05) is 18.2 Å². The van der Waals surface area contributed by atoms with Crippen molar-refractivity contribution in [2.45, 2.75) is 26.7 Å². The molecule has 1 aromatic carbocycles. The fourth-order valence-electron chi connectivity index (χ4n) is 3.41. The van der Waals surface area contributed by atoms with E-state index in [0.717, 1.165) is 27.9 Å². The van der Waals surface area contributed by atoms with Gasteiger partial charge in [0.2, 0.25) is 5.91 Å². The molecule has 7 nitrogen and oxygen atoms in total. The lowest BCUT2D eigenvalue weighted by Gasteiger charge is -2.12. The van der Waals surface area contributed by atoms with E-state index >= 15 is 0 Å². The van der Waals surface area contributed by atoms with E-state index in [0.29, 0.717) is 29.7 Å². The number of pyridine rings is 1. The van der Waals surface area contributed by atoms with Gasteiger partial charge in [0.25, 0.3) is 0 Å². The van der Waals surface area contributed by atoms with Crippen molar-refractivity contribution >= 4 is 28.1 Å². The van der Waals surface area contributed by atoms with Gasteiger partial charge in [-0.25, -0.2) is 9.50 Å². The number of hydrogen-bond donors (Lipinski definition) is 1. The molecule has 0 atom stereocenters. The lowest BCUT2D eigenvalue weighted by atomic mass is 10.1. The second-order valence-electron chi connectivity index (χ2n) is 6.60. The minimum Gasteiger partial charge on any atom is -0.324 e. The lowest BCUT2D eigenvalue weighted by Crippen LogP contribution is -2.14. The van der Waals surface area contributed by atoms with Crippen LogP contribution in [0.3, 0.4) is 0 Å². The molecule has 0 fully saturated rings. The van der Waals surface area contributed by atoms with Crippen LogP contribution in [0.2, 0.25) is 0 Å². The number of nitrogens with one attached hydrogen (secondary N) is 1. The molecule has 0 aliphatic heterocycles. The highest BCUT2D eigenvalue weighted by atomic mass is 16.1. The van der Waals surface area contributed by atoms with E-state index in [1.807, 2.05) is 44.2 Å². The topological polar surface area (TPSA) is 96.0 Å². The van der Waals surface area contributed by atoms with Crippen molar-refractivity contribution < 1.29 is 4.79 Å². The van der Waals surface area contributed by atoms with Gasteiger partial charge in [-0.05, 0) is 38.0 Å². The van der Waals surface area contributed by atoms with Crippen LogP contribution in [-0.4, -0.2) is 25.5 Å². The molecule has 138 valence electrons. The summed E-state index contributed by atoms with van der Waals surface area (Å²) in [6, 6.07) is 11.6. The first-order valence-electron chi connectivity index (χ1n) is 8.96. The fourth-order valence-corrected chi connectivity index (χ4v) is 3.41. The Balaban J connectivity index is 1.54. The average molecular weight is 370 g/mol. The lowest BCUT2D eigenvalue weighted by molar-refractivity contribution is -0.116. The zero-order chi connectivity index (χ0) is 19.7. The minimum atomic E-state index is -0.0878. The molecule has 4 aromatic rings. The van der Waals surface area contributed by atoms with Gasteiger partial charge in [0, 0.05) is 29.4 Å². The van der Waals surface area contributed by atoms with Crippen molar-refractivity contribution in [2.75, 3.05) is 5.32 Å². The molecule has 0 saturated heterocycles. The molecule has 28 heavy (non-hydrogen) atoms. The maximum atomic E-state index is 12.5. The number of fused-ring (bicyclic) bond motifs is 2. The number of aryl methyl sites for hydroxylation is 2. The number of nitrogens with zero attached hydrogens (tertiary/aromatic N) is 5. The number of anilines is 1. The SMILES string of the molecule is Cc1nc2c(C#N)cnn2c(C)c1CCC(=O)Nc1cccc2cccnc12. The third-order valence-electron chi connectivity index (χ3n) is 4.84. The van der Waals surface area contributed by atoms with E-state index < -0.39 is 0 Å². The molecule has 0 bridgehead atoms. The summed E-state index contributed by atoms with van der Waals surface area (Å²) in [5.74, 6) is -0.0878. The molecule has 0 unspecified atom stereocenters. The Morgan fingerprint density at radius 3 is 2.89 bits per heavy atom. The van der Waals surface area contributed by atoms with Crippen molar-refractivity contribution in [3.05, 3.63) is 65.2 Å². The standard InChI is InChI=1S/C21H18N6O/c1-13-17(14(2)27-21(25-13)16(11-22)12-24-27)8-9-19(28)26-18-7-3-5-15-6-4-10-23-20(15)18/h3-7,10,12H,8-9H2,1-2H3,(H,26,28). The summed E-state index contributed by atoms with van der Waals surface area (Å²) in [6.45, 7) is 3.82. The zero-order valence-corrected chi connectivity index (χ0v) is 15.6. The molecule has 0 saturated carbocycles. The van der Waals surface area contributed by atoms with Gasteiger partial charge in [-0.15, -0.1) is 0 Å². The van der Waals surface area contributed by atoms with Gasteiger partial charge in [0.15, 0.2) is 5.65 Å². The number of carbonyl (C=O) groups is 1. The van der Waals surface area contributed by atoms with Crippen LogP contribution < -0.4 is 5.32 Å². The minimum absolute atomic E-state index is 0.0878. The van der Waals surface area contributed by atoms with E-state index in [9.17, 15) is 4.79 Å². The predicted molar refractivity (Wildman–Crippen MR) is 106 cm³/mol. The van der Waals surface area contributed by atoms with Crippen LogP contribution in [0.25, 0.3) is 16.6 Å². The van der Waals surface area contributed by atoms with Crippen molar-refractivity contribution in [1.29, 1.82) is 5.26 Å². The first kappa shape index (κ1) is 17.6. The summed E-state index contributed by atoms with van der Waals surface area (Å²) in [4.78, 5) is 21.4. The highest BCUT2D eigenvalue weighted by Crippen LogP contribution is 2.22. The summed E-state index contributed by atoms with van der Waals surface area (Å²) in [6.07, 6.45) is 4.07. The van der Waals surface area contributed by atoms with Gasteiger partial charge < -0.3 is 5.32 Å². The Kier molecular flexibility index (Phi) is 4.45. The van der Waals surface area contributed by atoms with Gasteiger partial charge in [0.1, 0.15) is 11.6 Å².